The second kappa shape index (κ2) is 2.44. The van der Waals surface area contributed by atoms with Crippen molar-refractivity contribution < 1.29 is 10.3 Å². The predicted octanol–water partition coefficient (Wildman–Crippen LogP) is 0.125. The average Bonchev–Trinajstić information content (AvgIpc) is 1.62. The summed E-state index contributed by atoms with van der Waals surface area (Å²) in [6.07, 6.45) is 0. The molecule has 3 N–H and O–H groups in total. The van der Waals surface area contributed by atoms with Gasteiger partial charge in [0.05, 0.1) is 11.6 Å². The van der Waals surface area contributed by atoms with E-state index in [9.17, 15) is 0 Å². The van der Waals surface area contributed by atoms with E-state index in [-0.39, 0.29) is 6.04 Å². The van der Waals surface area contributed by atoms with Gasteiger partial charge in [0.25, 0.3) is 0 Å². The molecule has 0 aromatic rings. The fourth-order valence-electron chi connectivity index (χ4n) is 0.158. The lowest BCUT2D eigenvalue weighted by atomic mass is 10.0. The molecule has 1 unspecified atom stereocenters. The number of hydroxylamine groups is 1. The molecular weight excluding hydrogens is 106 g/mol. The molecule has 0 heterocycles. The first-order valence-corrected chi connectivity index (χ1v) is 2.60. The standard InChI is InChI=1S/C5H13NO2/c1-4(6-8)5(2,3)7/h4,6-8H,1-3H3. The molecule has 0 radical (unpaired) electrons. The van der Waals surface area contributed by atoms with E-state index in [0.717, 1.165) is 0 Å². The maximum absolute atomic E-state index is 9.06. The molecule has 1 atom stereocenters. The molecule has 0 fully saturated rings. The molecule has 0 spiro atoms. The normalized spacial score (nSPS) is 16.1. The summed E-state index contributed by atoms with van der Waals surface area (Å²) in [5, 5.41) is 17.3. The van der Waals surface area contributed by atoms with E-state index in [2.05, 4.69) is 0 Å². The largest absolute Gasteiger partial charge is 0.389 e. The summed E-state index contributed by atoms with van der Waals surface area (Å²) in [6, 6.07) is -0.289. The van der Waals surface area contributed by atoms with Crippen molar-refractivity contribution in [2.45, 2.75) is 32.4 Å². The lowest BCUT2D eigenvalue weighted by Crippen LogP contribution is -2.42. The van der Waals surface area contributed by atoms with E-state index in [0.29, 0.717) is 0 Å². The first-order valence-electron chi connectivity index (χ1n) is 2.60. The summed E-state index contributed by atoms with van der Waals surface area (Å²) < 4.78 is 0. The van der Waals surface area contributed by atoms with Gasteiger partial charge in [-0.25, -0.2) is 0 Å². The third-order valence-electron chi connectivity index (χ3n) is 1.25. The highest BCUT2D eigenvalue weighted by atomic mass is 16.5. The summed E-state index contributed by atoms with van der Waals surface area (Å²) in [7, 11) is 0. The maximum Gasteiger partial charge on any atom is 0.0764 e. The highest BCUT2D eigenvalue weighted by molar-refractivity contribution is 4.75. The van der Waals surface area contributed by atoms with Crippen molar-refractivity contribution in [2.24, 2.45) is 0 Å². The average molecular weight is 119 g/mol. The van der Waals surface area contributed by atoms with Crippen LogP contribution in [0.5, 0.6) is 0 Å². The van der Waals surface area contributed by atoms with Gasteiger partial charge in [0.15, 0.2) is 0 Å². The number of hydrogen-bond donors (Lipinski definition) is 3. The predicted molar refractivity (Wildman–Crippen MR) is 30.7 cm³/mol. The zero-order valence-corrected chi connectivity index (χ0v) is 5.47. The quantitative estimate of drug-likeness (QED) is 0.453. The third kappa shape index (κ3) is 2.26. The lowest BCUT2D eigenvalue weighted by molar-refractivity contribution is -0.0104. The minimum atomic E-state index is -0.852. The second-order valence-electron chi connectivity index (χ2n) is 2.50. The third-order valence-corrected chi connectivity index (χ3v) is 1.25. The Kier molecular flexibility index (Phi) is 2.40. The molecule has 0 aromatic carbocycles. The molecule has 0 aromatic heterocycles. The molecule has 0 saturated carbocycles. The molecule has 0 aliphatic heterocycles. The highest BCUT2D eigenvalue weighted by Gasteiger charge is 2.20. The first kappa shape index (κ1) is 7.88. The summed E-state index contributed by atoms with van der Waals surface area (Å²) >= 11 is 0. The Hall–Kier alpha value is -0.120. The Bertz CT molecular complexity index is 67.3. The second-order valence-corrected chi connectivity index (χ2v) is 2.50. The molecular formula is C5H13NO2. The van der Waals surface area contributed by atoms with E-state index < -0.39 is 5.60 Å². The van der Waals surface area contributed by atoms with Gasteiger partial charge in [-0.05, 0) is 20.8 Å². The highest BCUT2D eigenvalue weighted by Crippen LogP contribution is 2.05. The number of hydrogen-bond acceptors (Lipinski definition) is 3. The summed E-state index contributed by atoms with van der Waals surface area (Å²) in [4.78, 5) is 0. The van der Waals surface area contributed by atoms with Crippen molar-refractivity contribution in [2.75, 3.05) is 0 Å². The Morgan fingerprint density at radius 1 is 1.50 bits per heavy atom. The van der Waals surface area contributed by atoms with E-state index in [1.54, 1.807) is 20.8 Å². The topological polar surface area (TPSA) is 52.5 Å². The molecule has 0 saturated heterocycles. The monoisotopic (exact) mass is 119 g/mol. The molecule has 0 amide bonds. The van der Waals surface area contributed by atoms with E-state index >= 15 is 0 Å². The van der Waals surface area contributed by atoms with Crippen LogP contribution in [0.15, 0.2) is 0 Å². The fourth-order valence-corrected chi connectivity index (χ4v) is 0.158. The zero-order valence-electron chi connectivity index (χ0n) is 5.47. The van der Waals surface area contributed by atoms with Gasteiger partial charge in [-0.1, -0.05) is 0 Å². The van der Waals surface area contributed by atoms with Crippen molar-refractivity contribution in [1.82, 2.24) is 5.48 Å². The van der Waals surface area contributed by atoms with Gasteiger partial charge in [-0.2, -0.15) is 5.48 Å². The van der Waals surface area contributed by atoms with E-state index in [1.807, 2.05) is 5.48 Å². The van der Waals surface area contributed by atoms with Gasteiger partial charge in [0, 0.05) is 0 Å². The Morgan fingerprint density at radius 2 is 1.88 bits per heavy atom. The van der Waals surface area contributed by atoms with Crippen LogP contribution in [0.25, 0.3) is 0 Å². The number of aliphatic hydroxyl groups is 1. The van der Waals surface area contributed by atoms with Crippen molar-refractivity contribution >= 4 is 0 Å². The lowest BCUT2D eigenvalue weighted by Gasteiger charge is -2.23. The molecule has 0 rings (SSSR count). The van der Waals surface area contributed by atoms with Gasteiger partial charge >= 0.3 is 0 Å². The van der Waals surface area contributed by atoms with Crippen molar-refractivity contribution in [3.8, 4) is 0 Å². The summed E-state index contributed by atoms with van der Waals surface area (Å²) in [5.41, 5.74) is 1.10. The van der Waals surface area contributed by atoms with Crippen LogP contribution >= 0.6 is 0 Å². The number of rotatable bonds is 2. The van der Waals surface area contributed by atoms with Crippen molar-refractivity contribution in [3.63, 3.8) is 0 Å². The van der Waals surface area contributed by atoms with Gasteiger partial charge in [0.2, 0.25) is 0 Å². The SMILES string of the molecule is CC(NO)C(C)(C)O. The van der Waals surface area contributed by atoms with Gasteiger partial charge in [0.1, 0.15) is 0 Å². The fraction of sp³-hybridized carbons (Fsp3) is 1.00. The minimum Gasteiger partial charge on any atom is -0.389 e. The molecule has 8 heavy (non-hydrogen) atoms. The van der Waals surface area contributed by atoms with Crippen LogP contribution in [0.2, 0.25) is 0 Å². The number of nitrogens with one attached hydrogen (secondary N) is 1. The van der Waals surface area contributed by atoms with Crippen LogP contribution in [-0.4, -0.2) is 22.0 Å². The first-order chi connectivity index (χ1) is 3.48. The van der Waals surface area contributed by atoms with Crippen LogP contribution in [0.4, 0.5) is 0 Å². The Balaban J connectivity index is 3.62. The minimum absolute atomic E-state index is 0.289. The molecule has 0 aliphatic rings. The van der Waals surface area contributed by atoms with Crippen LogP contribution in [0.3, 0.4) is 0 Å². The smallest absolute Gasteiger partial charge is 0.0764 e. The van der Waals surface area contributed by atoms with Gasteiger partial charge < -0.3 is 10.3 Å². The van der Waals surface area contributed by atoms with Crippen molar-refractivity contribution in [3.05, 3.63) is 0 Å². The molecule has 3 heteroatoms. The molecule has 0 bridgehead atoms. The summed E-state index contributed by atoms with van der Waals surface area (Å²) in [6.45, 7) is 4.95. The van der Waals surface area contributed by atoms with Crippen LogP contribution < -0.4 is 5.48 Å². The Labute approximate surface area is 49.3 Å². The van der Waals surface area contributed by atoms with Crippen LogP contribution in [0, 0.1) is 0 Å². The van der Waals surface area contributed by atoms with Gasteiger partial charge in [-0.3, -0.25) is 0 Å². The van der Waals surface area contributed by atoms with E-state index in [1.165, 1.54) is 0 Å². The van der Waals surface area contributed by atoms with Gasteiger partial charge in [-0.15, -0.1) is 0 Å². The van der Waals surface area contributed by atoms with Crippen LogP contribution in [0.1, 0.15) is 20.8 Å². The summed E-state index contributed by atoms with van der Waals surface area (Å²) in [5.74, 6) is 0. The van der Waals surface area contributed by atoms with E-state index in [4.69, 9.17) is 10.3 Å². The van der Waals surface area contributed by atoms with Crippen LogP contribution in [-0.2, 0) is 0 Å². The zero-order chi connectivity index (χ0) is 6.78. The Morgan fingerprint density at radius 3 is 1.88 bits per heavy atom. The molecule has 50 valence electrons. The maximum atomic E-state index is 9.06. The molecule has 3 nitrogen and oxygen atoms in total. The van der Waals surface area contributed by atoms with Crippen molar-refractivity contribution in [1.29, 1.82) is 0 Å². The molecule has 0 aliphatic carbocycles.